The van der Waals surface area contributed by atoms with E-state index in [0.717, 1.165) is 46.6 Å². The standard InChI is InChI=1S/C26H32N4O2/c1-18-17-30-26(32)24(25(31)29-14-13-27-11-6-12-28-18)16-23-21-9-4-2-7-19(21)15-20-8-3-5-10-22(20)23/h2-5,7-10,15,18,24,27-28H,6,11-14,16-17H2,1H3,(H,29,31)(H,30,32). The first kappa shape index (κ1) is 22.2. The number of carbonyl (C=O) groups is 2. The van der Waals surface area contributed by atoms with Crippen LogP contribution in [-0.4, -0.2) is 50.6 Å². The second kappa shape index (κ2) is 10.6. The van der Waals surface area contributed by atoms with E-state index in [1.807, 2.05) is 31.2 Å². The van der Waals surface area contributed by atoms with E-state index in [4.69, 9.17) is 0 Å². The van der Waals surface area contributed by atoms with Crippen molar-refractivity contribution in [1.82, 2.24) is 21.3 Å². The Hall–Kier alpha value is -2.96. The lowest BCUT2D eigenvalue weighted by atomic mass is 9.89. The number of hydrogen-bond donors (Lipinski definition) is 4. The number of hydrogen-bond acceptors (Lipinski definition) is 4. The van der Waals surface area contributed by atoms with Crippen LogP contribution in [0.15, 0.2) is 54.6 Å². The molecule has 0 saturated carbocycles. The van der Waals surface area contributed by atoms with Crippen molar-refractivity contribution < 1.29 is 9.59 Å². The minimum absolute atomic E-state index is 0.143. The highest BCUT2D eigenvalue weighted by Gasteiger charge is 2.28. The maximum Gasteiger partial charge on any atom is 0.232 e. The van der Waals surface area contributed by atoms with Gasteiger partial charge in [0, 0.05) is 25.7 Å². The lowest BCUT2D eigenvalue weighted by Gasteiger charge is -2.21. The van der Waals surface area contributed by atoms with Gasteiger partial charge in [-0.15, -0.1) is 0 Å². The Balaban J connectivity index is 1.67. The second-order valence-corrected chi connectivity index (χ2v) is 8.55. The summed E-state index contributed by atoms with van der Waals surface area (Å²) in [6, 6.07) is 18.7. The average molecular weight is 433 g/mol. The third-order valence-corrected chi connectivity index (χ3v) is 6.13. The van der Waals surface area contributed by atoms with E-state index < -0.39 is 5.92 Å². The zero-order chi connectivity index (χ0) is 22.3. The number of carbonyl (C=O) groups excluding carboxylic acids is 2. The molecule has 0 spiro atoms. The number of fused-ring (bicyclic) bond motifs is 2. The zero-order valence-electron chi connectivity index (χ0n) is 18.6. The fourth-order valence-corrected chi connectivity index (χ4v) is 4.37. The minimum atomic E-state index is -0.792. The van der Waals surface area contributed by atoms with Crippen LogP contribution in [0.2, 0.25) is 0 Å². The van der Waals surface area contributed by atoms with E-state index in [1.54, 1.807) is 0 Å². The molecule has 1 aliphatic rings. The van der Waals surface area contributed by atoms with Crippen molar-refractivity contribution >= 4 is 33.4 Å². The molecular formula is C26H32N4O2. The number of amides is 2. The van der Waals surface area contributed by atoms with Crippen LogP contribution in [0, 0.1) is 5.92 Å². The van der Waals surface area contributed by atoms with Gasteiger partial charge < -0.3 is 21.3 Å². The topological polar surface area (TPSA) is 82.3 Å². The molecule has 2 atom stereocenters. The molecule has 0 aliphatic carbocycles. The molecule has 168 valence electrons. The van der Waals surface area contributed by atoms with Crippen LogP contribution in [0.3, 0.4) is 0 Å². The first-order valence-electron chi connectivity index (χ1n) is 11.5. The lowest BCUT2D eigenvalue weighted by Crippen LogP contribution is -2.48. The molecule has 4 N–H and O–H groups in total. The van der Waals surface area contributed by atoms with Gasteiger partial charge in [0.2, 0.25) is 11.8 Å². The molecule has 0 bridgehead atoms. The maximum absolute atomic E-state index is 13.2. The van der Waals surface area contributed by atoms with Crippen molar-refractivity contribution in [3.8, 4) is 0 Å². The molecule has 3 aromatic rings. The van der Waals surface area contributed by atoms with Crippen molar-refractivity contribution in [2.45, 2.75) is 25.8 Å². The number of rotatable bonds is 2. The normalized spacial score (nSPS) is 21.7. The van der Waals surface area contributed by atoms with Gasteiger partial charge in [-0.1, -0.05) is 48.5 Å². The maximum atomic E-state index is 13.2. The molecular weight excluding hydrogens is 400 g/mol. The zero-order valence-corrected chi connectivity index (χ0v) is 18.6. The predicted molar refractivity (Wildman–Crippen MR) is 130 cm³/mol. The van der Waals surface area contributed by atoms with Gasteiger partial charge >= 0.3 is 0 Å². The van der Waals surface area contributed by atoms with Crippen LogP contribution in [0.25, 0.3) is 21.5 Å². The Morgan fingerprint density at radius 2 is 1.47 bits per heavy atom. The summed E-state index contributed by atoms with van der Waals surface area (Å²) in [7, 11) is 0. The van der Waals surface area contributed by atoms with E-state index in [0.29, 0.717) is 26.1 Å². The van der Waals surface area contributed by atoms with Crippen LogP contribution in [0.1, 0.15) is 18.9 Å². The Morgan fingerprint density at radius 3 is 2.19 bits per heavy atom. The minimum Gasteiger partial charge on any atom is -0.354 e. The summed E-state index contributed by atoms with van der Waals surface area (Å²) in [6.07, 6.45) is 1.36. The number of nitrogens with one attached hydrogen (secondary N) is 4. The highest BCUT2D eigenvalue weighted by atomic mass is 16.2. The van der Waals surface area contributed by atoms with Crippen molar-refractivity contribution in [2.24, 2.45) is 5.92 Å². The van der Waals surface area contributed by atoms with E-state index in [-0.39, 0.29) is 17.9 Å². The van der Waals surface area contributed by atoms with E-state index in [2.05, 4.69) is 51.6 Å². The molecule has 1 fully saturated rings. The van der Waals surface area contributed by atoms with Crippen LogP contribution in [-0.2, 0) is 16.0 Å². The molecule has 0 radical (unpaired) electrons. The third kappa shape index (κ3) is 5.26. The average Bonchev–Trinajstić information content (AvgIpc) is 2.81. The van der Waals surface area contributed by atoms with Crippen LogP contribution in [0.4, 0.5) is 0 Å². The molecule has 4 rings (SSSR count). The molecule has 6 heteroatoms. The van der Waals surface area contributed by atoms with Gasteiger partial charge in [0.1, 0.15) is 5.92 Å². The molecule has 2 amide bonds. The van der Waals surface area contributed by atoms with Crippen molar-refractivity contribution in [2.75, 3.05) is 32.7 Å². The Labute approximate surface area is 189 Å². The second-order valence-electron chi connectivity index (χ2n) is 8.55. The Bertz CT molecular complexity index is 1040. The van der Waals surface area contributed by atoms with E-state index in [9.17, 15) is 9.59 Å². The van der Waals surface area contributed by atoms with Gasteiger partial charge in [0.15, 0.2) is 0 Å². The van der Waals surface area contributed by atoms with Gasteiger partial charge in [-0.05, 0) is 66.0 Å². The summed E-state index contributed by atoms with van der Waals surface area (Å²) in [5, 5.41) is 17.1. The van der Waals surface area contributed by atoms with Crippen LogP contribution in [0.5, 0.6) is 0 Å². The molecule has 1 heterocycles. The van der Waals surface area contributed by atoms with Crippen LogP contribution >= 0.6 is 0 Å². The smallest absolute Gasteiger partial charge is 0.232 e. The summed E-state index contributed by atoms with van der Waals surface area (Å²) in [5.41, 5.74) is 1.04. The molecule has 32 heavy (non-hydrogen) atoms. The van der Waals surface area contributed by atoms with Crippen molar-refractivity contribution in [3.05, 3.63) is 60.2 Å². The third-order valence-electron chi connectivity index (χ3n) is 6.13. The highest BCUT2D eigenvalue weighted by Crippen LogP contribution is 2.30. The molecule has 1 aliphatic heterocycles. The van der Waals surface area contributed by atoms with Gasteiger partial charge in [-0.2, -0.15) is 0 Å². The highest BCUT2D eigenvalue weighted by molar-refractivity contribution is 6.05. The molecule has 6 nitrogen and oxygen atoms in total. The number of benzene rings is 3. The first-order valence-corrected chi connectivity index (χ1v) is 11.5. The predicted octanol–water partition coefficient (Wildman–Crippen LogP) is 2.36. The summed E-state index contributed by atoms with van der Waals surface area (Å²) < 4.78 is 0. The molecule has 2 unspecified atom stereocenters. The molecule has 1 saturated heterocycles. The van der Waals surface area contributed by atoms with Gasteiger partial charge in [0.25, 0.3) is 0 Å². The summed E-state index contributed by atoms with van der Waals surface area (Å²) in [5.74, 6) is -1.24. The molecule has 3 aromatic carbocycles. The largest absolute Gasteiger partial charge is 0.354 e. The van der Waals surface area contributed by atoms with Gasteiger partial charge in [-0.3, -0.25) is 9.59 Å². The lowest BCUT2D eigenvalue weighted by molar-refractivity contribution is -0.135. The van der Waals surface area contributed by atoms with E-state index in [1.165, 1.54) is 0 Å². The van der Waals surface area contributed by atoms with Crippen molar-refractivity contribution in [1.29, 1.82) is 0 Å². The Morgan fingerprint density at radius 1 is 0.812 bits per heavy atom. The fraction of sp³-hybridized carbons (Fsp3) is 0.385. The van der Waals surface area contributed by atoms with Gasteiger partial charge in [-0.25, -0.2) is 0 Å². The summed E-state index contributed by atoms with van der Waals surface area (Å²) in [6.45, 7) is 5.52. The van der Waals surface area contributed by atoms with Gasteiger partial charge in [0.05, 0.1) is 0 Å². The summed E-state index contributed by atoms with van der Waals surface area (Å²) >= 11 is 0. The first-order chi connectivity index (χ1) is 15.6. The van der Waals surface area contributed by atoms with Crippen LogP contribution < -0.4 is 21.3 Å². The Kier molecular flexibility index (Phi) is 7.35. The summed E-state index contributed by atoms with van der Waals surface area (Å²) in [4.78, 5) is 26.3. The van der Waals surface area contributed by atoms with E-state index >= 15 is 0 Å². The molecule has 0 aromatic heterocycles. The quantitative estimate of drug-likeness (QED) is 0.370. The monoisotopic (exact) mass is 432 g/mol. The van der Waals surface area contributed by atoms with Crippen molar-refractivity contribution in [3.63, 3.8) is 0 Å². The SMILES string of the molecule is CC1CNC(=O)C(Cc2c3ccccc3cc3ccccc23)C(=O)NCCNCCCN1. The fourth-order valence-electron chi connectivity index (χ4n) is 4.37.